The summed E-state index contributed by atoms with van der Waals surface area (Å²) in [5, 5.41) is 9.31. The number of benzene rings is 1. The topological polar surface area (TPSA) is 98.7 Å². The summed E-state index contributed by atoms with van der Waals surface area (Å²) >= 11 is 1.37. The van der Waals surface area contributed by atoms with Crippen LogP contribution in [0.3, 0.4) is 0 Å². The zero-order valence-electron chi connectivity index (χ0n) is 10.9. The van der Waals surface area contributed by atoms with Gasteiger partial charge >= 0.3 is 0 Å². The normalized spacial score (nSPS) is 10.5. The fraction of sp³-hybridized carbons (Fsp3) is 0.0769. The minimum atomic E-state index is -0.279. The van der Waals surface area contributed by atoms with Crippen LogP contribution in [0.25, 0.3) is 5.69 Å². The van der Waals surface area contributed by atoms with E-state index in [4.69, 9.17) is 5.73 Å². The summed E-state index contributed by atoms with van der Waals surface area (Å²) in [6.07, 6.45) is 3.01. The largest absolute Gasteiger partial charge is 0.325 e. The highest BCUT2D eigenvalue weighted by atomic mass is 32.1. The Kier molecular flexibility index (Phi) is 3.71. The van der Waals surface area contributed by atoms with Gasteiger partial charge in [0.15, 0.2) is 0 Å². The molecular weight excluding hydrogens is 288 g/mol. The van der Waals surface area contributed by atoms with Crippen LogP contribution in [0.5, 0.6) is 0 Å². The van der Waals surface area contributed by atoms with Gasteiger partial charge in [0.1, 0.15) is 23.4 Å². The van der Waals surface area contributed by atoms with E-state index in [9.17, 15) is 4.79 Å². The van der Waals surface area contributed by atoms with Crippen LogP contribution in [0, 0.1) is 0 Å². The summed E-state index contributed by atoms with van der Waals surface area (Å²) < 4.78 is 1.59. The second-order valence-corrected chi connectivity index (χ2v) is 5.08. The van der Waals surface area contributed by atoms with Gasteiger partial charge in [0.05, 0.1) is 11.4 Å². The molecule has 0 aliphatic heterocycles. The van der Waals surface area contributed by atoms with Crippen molar-refractivity contribution < 1.29 is 4.79 Å². The molecule has 21 heavy (non-hydrogen) atoms. The van der Waals surface area contributed by atoms with Crippen molar-refractivity contribution in [3.8, 4) is 5.69 Å². The Morgan fingerprint density at radius 2 is 2.24 bits per heavy atom. The maximum absolute atomic E-state index is 12.2. The summed E-state index contributed by atoms with van der Waals surface area (Å²) in [7, 11) is 0. The average Bonchev–Trinajstić information content (AvgIpc) is 3.19. The van der Waals surface area contributed by atoms with Gasteiger partial charge < -0.3 is 11.1 Å². The molecule has 7 nitrogen and oxygen atoms in total. The number of thiazole rings is 1. The minimum Gasteiger partial charge on any atom is -0.325 e. The Balaban J connectivity index is 1.86. The zero-order chi connectivity index (χ0) is 14.7. The zero-order valence-corrected chi connectivity index (χ0v) is 11.7. The smallest absolute Gasteiger partial charge is 0.275 e. The molecule has 0 aliphatic rings. The second kappa shape index (κ2) is 5.81. The molecule has 3 aromatic rings. The molecule has 2 aromatic heterocycles. The van der Waals surface area contributed by atoms with E-state index in [1.165, 1.54) is 17.7 Å². The number of anilines is 1. The maximum Gasteiger partial charge on any atom is 0.275 e. The molecule has 1 amide bonds. The monoisotopic (exact) mass is 300 g/mol. The lowest BCUT2D eigenvalue weighted by atomic mass is 10.2. The van der Waals surface area contributed by atoms with Crippen molar-refractivity contribution in [2.75, 3.05) is 5.32 Å². The number of carbonyl (C=O) groups is 1. The van der Waals surface area contributed by atoms with E-state index in [1.807, 2.05) is 18.2 Å². The fourth-order valence-corrected chi connectivity index (χ4v) is 2.46. The van der Waals surface area contributed by atoms with E-state index in [-0.39, 0.29) is 5.91 Å². The molecule has 2 heterocycles. The number of aromatic nitrogens is 4. The first-order valence-electron chi connectivity index (χ1n) is 6.18. The van der Waals surface area contributed by atoms with Gasteiger partial charge in [-0.1, -0.05) is 12.1 Å². The molecule has 106 valence electrons. The number of hydrogen-bond acceptors (Lipinski definition) is 6. The second-order valence-electron chi connectivity index (χ2n) is 4.14. The van der Waals surface area contributed by atoms with Gasteiger partial charge in [-0.15, -0.1) is 11.3 Å². The molecule has 0 atom stereocenters. The molecule has 3 N–H and O–H groups in total. The predicted molar refractivity (Wildman–Crippen MR) is 79.3 cm³/mol. The molecule has 0 bridgehead atoms. The molecule has 3 rings (SSSR count). The quantitative estimate of drug-likeness (QED) is 0.759. The van der Waals surface area contributed by atoms with Gasteiger partial charge in [-0.05, 0) is 12.1 Å². The summed E-state index contributed by atoms with van der Waals surface area (Å²) in [5.41, 5.74) is 7.23. The summed E-state index contributed by atoms with van der Waals surface area (Å²) in [6.45, 7) is 0.327. The highest BCUT2D eigenvalue weighted by molar-refractivity contribution is 7.09. The number of hydrogen-bond donors (Lipinski definition) is 2. The van der Waals surface area contributed by atoms with Gasteiger partial charge in [0.25, 0.3) is 5.91 Å². The van der Waals surface area contributed by atoms with Crippen LogP contribution in [0.2, 0.25) is 0 Å². The fourth-order valence-electron chi connectivity index (χ4n) is 1.81. The van der Waals surface area contributed by atoms with Gasteiger partial charge in [-0.25, -0.2) is 14.6 Å². The number of amides is 1. The van der Waals surface area contributed by atoms with Crippen molar-refractivity contribution in [3.05, 3.63) is 53.0 Å². The molecule has 0 saturated heterocycles. The molecule has 0 spiro atoms. The SMILES string of the molecule is NCc1nc(C(=O)Nc2ccccc2-n2cncn2)cs1. The van der Waals surface area contributed by atoms with Gasteiger partial charge in [0.2, 0.25) is 0 Å². The number of para-hydroxylation sites is 2. The first kappa shape index (κ1) is 13.4. The number of nitrogens with two attached hydrogens (primary N) is 1. The number of rotatable bonds is 4. The Bertz CT molecular complexity index is 752. The predicted octanol–water partition coefficient (Wildman–Crippen LogP) is 1.43. The van der Waals surface area contributed by atoms with E-state index in [0.717, 1.165) is 10.7 Å². The van der Waals surface area contributed by atoms with Crippen LogP contribution in [0.15, 0.2) is 42.3 Å². The average molecular weight is 300 g/mol. The van der Waals surface area contributed by atoms with Crippen molar-refractivity contribution >= 4 is 22.9 Å². The van der Waals surface area contributed by atoms with E-state index in [0.29, 0.717) is 17.9 Å². The Hall–Kier alpha value is -2.58. The first-order valence-corrected chi connectivity index (χ1v) is 7.06. The molecule has 8 heteroatoms. The molecule has 1 aromatic carbocycles. The van der Waals surface area contributed by atoms with Gasteiger partial charge in [-0.2, -0.15) is 5.10 Å². The van der Waals surface area contributed by atoms with Crippen molar-refractivity contribution in [1.29, 1.82) is 0 Å². The summed E-state index contributed by atoms with van der Waals surface area (Å²) in [6, 6.07) is 7.34. The molecule has 0 radical (unpaired) electrons. The van der Waals surface area contributed by atoms with Crippen molar-refractivity contribution in [3.63, 3.8) is 0 Å². The van der Waals surface area contributed by atoms with Crippen LogP contribution in [-0.4, -0.2) is 25.7 Å². The lowest BCUT2D eigenvalue weighted by Crippen LogP contribution is -2.14. The van der Waals surface area contributed by atoms with Crippen LogP contribution in [-0.2, 0) is 6.54 Å². The lowest BCUT2D eigenvalue weighted by Gasteiger charge is -2.09. The van der Waals surface area contributed by atoms with Gasteiger partial charge in [-0.3, -0.25) is 4.79 Å². The number of carbonyl (C=O) groups excluding carboxylic acids is 1. The van der Waals surface area contributed by atoms with Crippen LogP contribution in [0.1, 0.15) is 15.5 Å². The van der Waals surface area contributed by atoms with Crippen LogP contribution < -0.4 is 11.1 Å². The van der Waals surface area contributed by atoms with E-state index in [2.05, 4.69) is 20.4 Å². The van der Waals surface area contributed by atoms with E-state index >= 15 is 0 Å². The molecule has 0 aliphatic carbocycles. The number of nitrogens with one attached hydrogen (secondary N) is 1. The first-order chi connectivity index (χ1) is 10.3. The summed E-state index contributed by atoms with van der Waals surface area (Å²) in [5.74, 6) is -0.279. The third-order valence-corrected chi connectivity index (χ3v) is 3.65. The van der Waals surface area contributed by atoms with Crippen LogP contribution in [0.4, 0.5) is 5.69 Å². The Morgan fingerprint density at radius 3 is 2.95 bits per heavy atom. The molecule has 0 fully saturated rings. The third-order valence-electron chi connectivity index (χ3n) is 2.78. The lowest BCUT2D eigenvalue weighted by molar-refractivity contribution is 0.102. The minimum absolute atomic E-state index is 0.279. The highest BCUT2D eigenvalue weighted by Gasteiger charge is 2.13. The van der Waals surface area contributed by atoms with Crippen molar-refractivity contribution in [2.24, 2.45) is 5.73 Å². The maximum atomic E-state index is 12.2. The van der Waals surface area contributed by atoms with Gasteiger partial charge in [0, 0.05) is 11.9 Å². The molecule has 0 unspecified atom stereocenters. The summed E-state index contributed by atoms with van der Waals surface area (Å²) in [4.78, 5) is 20.3. The third kappa shape index (κ3) is 2.81. The number of nitrogens with zero attached hydrogens (tertiary/aromatic N) is 4. The van der Waals surface area contributed by atoms with Crippen LogP contribution >= 0.6 is 11.3 Å². The Labute approximate surface area is 124 Å². The standard InChI is InChI=1S/C13H12N6OS/c14-5-12-17-10(6-21-12)13(20)18-9-3-1-2-4-11(9)19-8-15-7-16-19/h1-4,6-8H,5,14H2,(H,18,20). The molecular formula is C13H12N6OS. The molecule has 0 saturated carbocycles. The van der Waals surface area contributed by atoms with Crippen molar-refractivity contribution in [2.45, 2.75) is 6.54 Å². The Morgan fingerprint density at radius 1 is 1.38 bits per heavy atom. The van der Waals surface area contributed by atoms with Crippen molar-refractivity contribution in [1.82, 2.24) is 19.7 Å². The van der Waals surface area contributed by atoms with E-state index in [1.54, 1.807) is 22.5 Å². The van der Waals surface area contributed by atoms with E-state index < -0.39 is 0 Å². The highest BCUT2D eigenvalue weighted by Crippen LogP contribution is 2.20.